The molecule has 2 aromatic rings. The van der Waals surface area contributed by atoms with Gasteiger partial charge in [0.05, 0.1) is 6.61 Å². The molecule has 6 nitrogen and oxygen atoms in total. The first-order valence-corrected chi connectivity index (χ1v) is 7.38. The molecule has 106 valence electrons. The lowest BCUT2D eigenvalue weighted by Gasteiger charge is -2.24. The van der Waals surface area contributed by atoms with Crippen molar-refractivity contribution in [1.82, 2.24) is 19.9 Å². The van der Waals surface area contributed by atoms with Gasteiger partial charge in [0, 0.05) is 43.9 Å². The highest BCUT2D eigenvalue weighted by Gasteiger charge is 2.21. The van der Waals surface area contributed by atoms with Crippen LogP contribution in [0.25, 0.3) is 0 Å². The average Bonchev–Trinajstić information content (AvgIpc) is 3.07. The number of thiazole rings is 1. The molecule has 1 aliphatic rings. The topological polar surface area (TPSA) is 69.0 Å². The Morgan fingerprint density at radius 2 is 2.55 bits per heavy atom. The number of carbonyl (C=O) groups is 1. The predicted molar refractivity (Wildman–Crippen MR) is 74.6 cm³/mol. The molecule has 1 atom stereocenters. The molecule has 0 bridgehead atoms. The van der Waals surface area contributed by atoms with Crippen LogP contribution in [-0.2, 0) is 24.3 Å². The van der Waals surface area contributed by atoms with E-state index in [1.54, 1.807) is 18.7 Å². The number of carbonyl (C=O) groups excluding carboxylic acids is 1. The Bertz CT molecular complexity index is 607. The van der Waals surface area contributed by atoms with E-state index in [1.165, 1.54) is 11.3 Å². The monoisotopic (exact) mass is 292 g/mol. The summed E-state index contributed by atoms with van der Waals surface area (Å²) in [5.41, 5.74) is 0.471. The Morgan fingerprint density at radius 3 is 3.40 bits per heavy atom. The normalized spacial score (nSPS) is 17.8. The summed E-state index contributed by atoms with van der Waals surface area (Å²) in [7, 11) is 1.62. The highest BCUT2D eigenvalue weighted by molar-refractivity contribution is 7.09. The number of imidazole rings is 1. The van der Waals surface area contributed by atoms with Gasteiger partial charge < -0.3 is 14.6 Å². The molecule has 1 N–H and O–H groups in total. The minimum atomic E-state index is -0.114. The van der Waals surface area contributed by atoms with Crippen LogP contribution in [0.15, 0.2) is 17.8 Å². The largest absolute Gasteiger partial charge is 0.378 e. The molecule has 7 heteroatoms. The maximum absolute atomic E-state index is 12.1. The van der Waals surface area contributed by atoms with Gasteiger partial charge in [-0.25, -0.2) is 9.97 Å². The second kappa shape index (κ2) is 5.72. The summed E-state index contributed by atoms with van der Waals surface area (Å²) < 4.78 is 7.10. The number of nitrogens with zero attached hydrogens (tertiary/aromatic N) is 3. The summed E-state index contributed by atoms with van der Waals surface area (Å²) in [6.45, 7) is 1.22. The molecule has 0 fully saturated rings. The number of rotatable bonds is 4. The van der Waals surface area contributed by atoms with E-state index in [1.807, 2.05) is 6.20 Å². The quantitative estimate of drug-likeness (QED) is 0.920. The lowest BCUT2D eigenvalue weighted by atomic mass is 10.1. The number of fused-ring (bicyclic) bond motifs is 1. The predicted octanol–water partition coefficient (Wildman–Crippen LogP) is 1.23. The van der Waals surface area contributed by atoms with Crippen LogP contribution in [0.1, 0.15) is 27.7 Å². The number of methoxy groups -OCH3 is 1. The van der Waals surface area contributed by atoms with Crippen molar-refractivity contribution in [2.75, 3.05) is 7.11 Å². The third kappa shape index (κ3) is 2.73. The van der Waals surface area contributed by atoms with Gasteiger partial charge in [-0.2, -0.15) is 0 Å². The fraction of sp³-hybridized carbons (Fsp3) is 0.462. The Kier molecular flexibility index (Phi) is 3.79. The van der Waals surface area contributed by atoms with Gasteiger partial charge in [0.25, 0.3) is 5.91 Å². The highest BCUT2D eigenvalue weighted by atomic mass is 32.1. The SMILES string of the molecule is COCc1nc(C(=O)N[C@@H]2CCc3nccn3C2)cs1. The van der Waals surface area contributed by atoms with E-state index < -0.39 is 0 Å². The summed E-state index contributed by atoms with van der Waals surface area (Å²) >= 11 is 1.44. The molecule has 1 amide bonds. The molecule has 20 heavy (non-hydrogen) atoms. The van der Waals surface area contributed by atoms with Crippen molar-refractivity contribution in [3.8, 4) is 0 Å². The van der Waals surface area contributed by atoms with E-state index >= 15 is 0 Å². The van der Waals surface area contributed by atoms with Crippen LogP contribution >= 0.6 is 11.3 Å². The minimum absolute atomic E-state index is 0.114. The van der Waals surface area contributed by atoms with E-state index in [0.717, 1.165) is 30.2 Å². The molecule has 0 aromatic carbocycles. The van der Waals surface area contributed by atoms with E-state index in [4.69, 9.17) is 4.74 Å². The standard InChI is InChI=1S/C13H16N4O2S/c1-19-7-12-16-10(8-20-12)13(18)15-9-2-3-11-14-4-5-17(11)6-9/h4-5,8-9H,2-3,6-7H2,1H3,(H,15,18)/t9-/m1/s1. The highest BCUT2D eigenvalue weighted by Crippen LogP contribution is 2.15. The number of nitrogens with one attached hydrogen (secondary N) is 1. The van der Waals surface area contributed by atoms with Crippen molar-refractivity contribution in [1.29, 1.82) is 0 Å². The summed E-state index contributed by atoms with van der Waals surface area (Å²) in [5.74, 6) is 0.976. The van der Waals surface area contributed by atoms with Crippen molar-refractivity contribution in [3.05, 3.63) is 34.3 Å². The van der Waals surface area contributed by atoms with Gasteiger partial charge in [0.2, 0.25) is 0 Å². The molecule has 0 aliphatic carbocycles. The van der Waals surface area contributed by atoms with Gasteiger partial charge in [-0.15, -0.1) is 11.3 Å². The Balaban J connectivity index is 1.61. The Morgan fingerprint density at radius 1 is 1.65 bits per heavy atom. The van der Waals surface area contributed by atoms with Gasteiger partial charge in [-0.1, -0.05) is 0 Å². The molecular weight excluding hydrogens is 276 g/mol. The van der Waals surface area contributed by atoms with Gasteiger partial charge in [0.1, 0.15) is 16.5 Å². The maximum Gasteiger partial charge on any atom is 0.271 e. The molecule has 0 saturated heterocycles. The number of hydrogen-bond donors (Lipinski definition) is 1. The number of ether oxygens (including phenoxy) is 1. The number of hydrogen-bond acceptors (Lipinski definition) is 5. The van der Waals surface area contributed by atoms with Crippen molar-refractivity contribution in [2.45, 2.75) is 32.0 Å². The first-order valence-electron chi connectivity index (χ1n) is 6.50. The third-order valence-electron chi connectivity index (χ3n) is 3.32. The van der Waals surface area contributed by atoms with E-state index in [0.29, 0.717) is 12.3 Å². The minimum Gasteiger partial charge on any atom is -0.378 e. The van der Waals surface area contributed by atoms with E-state index in [9.17, 15) is 4.79 Å². The molecule has 3 heterocycles. The van der Waals surface area contributed by atoms with Crippen molar-refractivity contribution < 1.29 is 9.53 Å². The first kappa shape index (κ1) is 13.3. The third-order valence-corrected chi connectivity index (χ3v) is 4.14. The van der Waals surface area contributed by atoms with Crippen LogP contribution in [0.2, 0.25) is 0 Å². The summed E-state index contributed by atoms with van der Waals surface area (Å²) in [6, 6.07) is 0.136. The zero-order valence-corrected chi connectivity index (χ0v) is 12.0. The molecule has 0 spiro atoms. The molecule has 0 unspecified atom stereocenters. The summed E-state index contributed by atoms with van der Waals surface area (Å²) in [6.07, 6.45) is 5.56. The second-order valence-electron chi connectivity index (χ2n) is 4.76. The molecular formula is C13H16N4O2S. The Labute approximate surface area is 120 Å². The fourth-order valence-electron chi connectivity index (χ4n) is 2.35. The van der Waals surface area contributed by atoms with Crippen molar-refractivity contribution in [2.24, 2.45) is 0 Å². The number of aryl methyl sites for hydroxylation is 1. The average molecular weight is 292 g/mol. The van der Waals surface area contributed by atoms with E-state index in [2.05, 4.69) is 19.9 Å². The zero-order chi connectivity index (χ0) is 13.9. The van der Waals surface area contributed by atoms with E-state index in [-0.39, 0.29) is 11.9 Å². The van der Waals surface area contributed by atoms with Crippen molar-refractivity contribution in [3.63, 3.8) is 0 Å². The second-order valence-corrected chi connectivity index (χ2v) is 5.71. The van der Waals surface area contributed by atoms with Gasteiger partial charge in [-0.3, -0.25) is 4.79 Å². The number of amides is 1. The van der Waals surface area contributed by atoms with Crippen LogP contribution < -0.4 is 5.32 Å². The Hall–Kier alpha value is -1.73. The van der Waals surface area contributed by atoms with Gasteiger partial charge >= 0.3 is 0 Å². The van der Waals surface area contributed by atoms with Crippen LogP contribution in [0.5, 0.6) is 0 Å². The lowest BCUT2D eigenvalue weighted by Crippen LogP contribution is -2.41. The molecule has 0 radical (unpaired) electrons. The van der Waals surface area contributed by atoms with Crippen molar-refractivity contribution >= 4 is 17.2 Å². The maximum atomic E-state index is 12.1. The van der Waals surface area contributed by atoms with Gasteiger partial charge in [-0.05, 0) is 6.42 Å². The van der Waals surface area contributed by atoms with Crippen LogP contribution in [0.3, 0.4) is 0 Å². The molecule has 0 saturated carbocycles. The lowest BCUT2D eigenvalue weighted by molar-refractivity contribution is 0.0922. The first-order chi connectivity index (χ1) is 9.76. The van der Waals surface area contributed by atoms with Crippen LogP contribution in [-0.4, -0.2) is 33.6 Å². The zero-order valence-electron chi connectivity index (χ0n) is 11.2. The van der Waals surface area contributed by atoms with Crippen LogP contribution in [0.4, 0.5) is 0 Å². The molecule has 3 rings (SSSR count). The smallest absolute Gasteiger partial charge is 0.271 e. The molecule has 2 aromatic heterocycles. The van der Waals surface area contributed by atoms with Gasteiger partial charge in [0.15, 0.2) is 0 Å². The van der Waals surface area contributed by atoms with Crippen LogP contribution in [0, 0.1) is 0 Å². The molecule has 1 aliphatic heterocycles. The fourth-order valence-corrected chi connectivity index (χ4v) is 3.09. The number of aromatic nitrogens is 3. The summed E-state index contributed by atoms with van der Waals surface area (Å²) in [4.78, 5) is 20.7. The summed E-state index contributed by atoms with van der Waals surface area (Å²) in [5, 5.41) is 5.63.